The highest BCUT2D eigenvalue weighted by Crippen LogP contribution is 2.39. The van der Waals surface area contributed by atoms with Gasteiger partial charge in [-0.1, -0.05) is 29.8 Å². The molecule has 0 nitrogen and oxygen atoms in total. The summed E-state index contributed by atoms with van der Waals surface area (Å²) in [6.07, 6.45) is 2.81. The second-order valence-corrected chi connectivity index (χ2v) is 3.18. The number of hydrogen-bond donors (Lipinski definition) is 0. The monoisotopic (exact) mass is 132 g/mol. The molecule has 0 amide bonds. The minimum Gasteiger partial charge on any atom is -0.0590 e. The lowest BCUT2D eigenvalue weighted by atomic mass is 10.1. The van der Waals surface area contributed by atoms with Crippen LogP contribution in [0.5, 0.6) is 0 Å². The molecule has 1 aliphatic carbocycles. The van der Waals surface area contributed by atoms with E-state index in [2.05, 4.69) is 31.2 Å². The van der Waals surface area contributed by atoms with Gasteiger partial charge >= 0.3 is 0 Å². The fourth-order valence-electron chi connectivity index (χ4n) is 1.26. The van der Waals surface area contributed by atoms with Gasteiger partial charge < -0.3 is 0 Å². The maximum Gasteiger partial charge on any atom is -0.0162 e. The van der Waals surface area contributed by atoms with E-state index in [-0.39, 0.29) is 0 Å². The molecule has 1 saturated carbocycles. The highest BCUT2D eigenvalue weighted by atomic mass is 14.3. The standard InChI is InChI=1S/C10H12/c1-8-2-4-9(5-3-8)10-6-7-10/h2-5,10H,6-7H2,1H3. The van der Waals surface area contributed by atoms with E-state index in [1.807, 2.05) is 0 Å². The fraction of sp³-hybridized carbons (Fsp3) is 0.400. The number of benzene rings is 1. The van der Waals surface area contributed by atoms with Crippen LogP contribution >= 0.6 is 0 Å². The number of aryl methyl sites for hydroxylation is 1. The summed E-state index contributed by atoms with van der Waals surface area (Å²) in [5, 5.41) is 0. The van der Waals surface area contributed by atoms with Gasteiger partial charge in [0, 0.05) is 0 Å². The van der Waals surface area contributed by atoms with Crippen molar-refractivity contribution in [2.75, 3.05) is 0 Å². The molecule has 1 aliphatic rings. The Morgan fingerprint density at radius 1 is 1.10 bits per heavy atom. The van der Waals surface area contributed by atoms with E-state index in [0.29, 0.717) is 0 Å². The Balaban J connectivity index is 2.28. The van der Waals surface area contributed by atoms with Crippen molar-refractivity contribution in [1.82, 2.24) is 0 Å². The van der Waals surface area contributed by atoms with E-state index in [0.717, 1.165) is 5.92 Å². The molecule has 0 heteroatoms. The van der Waals surface area contributed by atoms with Gasteiger partial charge in [-0.05, 0) is 31.2 Å². The van der Waals surface area contributed by atoms with E-state index in [4.69, 9.17) is 0 Å². The maximum atomic E-state index is 2.26. The summed E-state index contributed by atoms with van der Waals surface area (Å²) < 4.78 is 0. The van der Waals surface area contributed by atoms with Crippen molar-refractivity contribution in [3.8, 4) is 0 Å². The zero-order valence-corrected chi connectivity index (χ0v) is 6.30. The van der Waals surface area contributed by atoms with Gasteiger partial charge in [0.1, 0.15) is 0 Å². The predicted molar refractivity (Wildman–Crippen MR) is 43.2 cm³/mol. The highest BCUT2D eigenvalue weighted by molar-refractivity contribution is 5.27. The summed E-state index contributed by atoms with van der Waals surface area (Å²) in [6.45, 7) is 2.14. The van der Waals surface area contributed by atoms with Crippen LogP contribution in [0.2, 0.25) is 0 Å². The van der Waals surface area contributed by atoms with Gasteiger partial charge in [0.2, 0.25) is 0 Å². The summed E-state index contributed by atoms with van der Waals surface area (Å²) >= 11 is 0. The second-order valence-electron chi connectivity index (χ2n) is 3.18. The lowest BCUT2D eigenvalue weighted by Crippen LogP contribution is -1.77. The Hall–Kier alpha value is -0.780. The Kier molecular flexibility index (Phi) is 1.26. The molecule has 1 fully saturated rings. The minimum atomic E-state index is 0.903. The summed E-state index contributed by atoms with van der Waals surface area (Å²) in [4.78, 5) is 0. The van der Waals surface area contributed by atoms with Crippen LogP contribution in [0, 0.1) is 6.92 Å². The fourth-order valence-corrected chi connectivity index (χ4v) is 1.26. The normalized spacial score (nSPS) is 17.3. The molecule has 52 valence electrons. The maximum absolute atomic E-state index is 2.26. The van der Waals surface area contributed by atoms with Crippen molar-refractivity contribution in [2.45, 2.75) is 25.7 Å². The molecule has 1 aromatic rings. The first-order valence-electron chi connectivity index (χ1n) is 3.93. The summed E-state index contributed by atoms with van der Waals surface area (Å²) in [5.41, 5.74) is 2.90. The van der Waals surface area contributed by atoms with Crippen LogP contribution in [0.3, 0.4) is 0 Å². The molecule has 1 aromatic carbocycles. The van der Waals surface area contributed by atoms with E-state index in [1.54, 1.807) is 0 Å². The average molecular weight is 132 g/mol. The van der Waals surface area contributed by atoms with Gasteiger partial charge in [-0.2, -0.15) is 0 Å². The zero-order valence-electron chi connectivity index (χ0n) is 6.30. The molecule has 0 spiro atoms. The van der Waals surface area contributed by atoms with Crippen molar-refractivity contribution >= 4 is 0 Å². The van der Waals surface area contributed by atoms with Crippen LogP contribution in [-0.4, -0.2) is 0 Å². The highest BCUT2D eigenvalue weighted by Gasteiger charge is 2.22. The first kappa shape index (κ1) is 5.96. The molecule has 0 aromatic heterocycles. The number of hydrogen-bond acceptors (Lipinski definition) is 0. The number of rotatable bonds is 1. The summed E-state index contributed by atoms with van der Waals surface area (Å²) in [6, 6.07) is 8.92. The average Bonchev–Trinajstić information content (AvgIpc) is 2.71. The lowest BCUT2D eigenvalue weighted by Gasteiger charge is -1.96. The SMILES string of the molecule is Cc1ccc(C2CC2)cc1. The topological polar surface area (TPSA) is 0 Å². The molecular weight excluding hydrogens is 120 g/mol. The molecule has 0 radical (unpaired) electrons. The van der Waals surface area contributed by atoms with Crippen molar-refractivity contribution < 1.29 is 0 Å². The van der Waals surface area contributed by atoms with E-state index >= 15 is 0 Å². The van der Waals surface area contributed by atoms with Crippen LogP contribution < -0.4 is 0 Å². The van der Waals surface area contributed by atoms with Gasteiger partial charge in [-0.15, -0.1) is 0 Å². The van der Waals surface area contributed by atoms with E-state index in [9.17, 15) is 0 Å². The second kappa shape index (κ2) is 2.12. The molecule has 0 N–H and O–H groups in total. The van der Waals surface area contributed by atoms with E-state index in [1.165, 1.54) is 24.0 Å². The molecule has 0 atom stereocenters. The Labute approximate surface area is 61.9 Å². The molecule has 2 rings (SSSR count). The van der Waals surface area contributed by atoms with Crippen molar-refractivity contribution in [3.05, 3.63) is 35.4 Å². The first-order valence-corrected chi connectivity index (χ1v) is 3.93. The molecule has 0 saturated heterocycles. The molecule has 0 unspecified atom stereocenters. The third-order valence-corrected chi connectivity index (χ3v) is 2.13. The predicted octanol–water partition coefficient (Wildman–Crippen LogP) is 2.87. The molecule has 10 heavy (non-hydrogen) atoms. The third-order valence-electron chi connectivity index (χ3n) is 2.13. The van der Waals surface area contributed by atoms with Crippen LogP contribution in [0.15, 0.2) is 24.3 Å². The van der Waals surface area contributed by atoms with Gasteiger partial charge in [-0.3, -0.25) is 0 Å². The van der Waals surface area contributed by atoms with Gasteiger partial charge in [0.25, 0.3) is 0 Å². The van der Waals surface area contributed by atoms with Gasteiger partial charge in [0.15, 0.2) is 0 Å². The van der Waals surface area contributed by atoms with Crippen molar-refractivity contribution in [3.63, 3.8) is 0 Å². The Morgan fingerprint density at radius 2 is 1.70 bits per heavy atom. The van der Waals surface area contributed by atoms with Crippen LogP contribution in [0.25, 0.3) is 0 Å². The lowest BCUT2D eigenvalue weighted by molar-refractivity contribution is 1.13. The van der Waals surface area contributed by atoms with Gasteiger partial charge in [0.05, 0.1) is 0 Å². The quantitative estimate of drug-likeness (QED) is 0.551. The molecule has 0 heterocycles. The van der Waals surface area contributed by atoms with Crippen molar-refractivity contribution in [2.24, 2.45) is 0 Å². The third kappa shape index (κ3) is 1.06. The Bertz CT molecular complexity index is 216. The minimum absolute atomic E-state index is 0.903. The first-order chi connectivity index (χ1) is 4.86. The van der Waals surface area contributed by atoms with Crippen LogP contribution in [-0.2, 0) is 0 Å². The van der Waals surface area contributed by atoms with Crippen LogP contribution in [0.4, 0.5) is 0 Å². The van der Waals surface area contributed by atoms with E-state index < -0.39 is 0 Å². The van der Waals surface area contributed by atoms with Crippen molar-refractivity contribution in [1.29, 1.82) is 0 Å². The summed E-state index contributed by atoms with van der Waals surface area (Å²) in [5.74, 6) is 0.903. The molecule has 0 aliphatic heterocycles. The zero-order chi connectivity index (χ0) is 6.97. The van der Waals surface area contributed by atoms with Crippen LogP contribution in [0.1, 0.15) is 29.9 Å². The van der Waals surface area contributed by atoms with Gasteiger partial charge in [-0.25, -0.2) is 0 Å². The Morgan fingerprint density at radius 3 is 2.20 bits per heavy atom. The summed E-state index contributed by atoms with van der Waals surface area (Å²) in [7, 11) is 0. The molecular formula is C10H12. The smallest absolute Gasteiger partial charge is 0.0162 e. The molecule has 0 bridgehead atoms. The largest absolute Gasteiger partial charge is 0.0590 e.